The number of alkyl halides is 2. The molecule has 1 aliphatic heterocycles. The van der Waals surface area contributed by atoms with Crippen LogP contribution in [0.25, 0.3) is 0 Å². The molecule has 0 bridgehead atoms. The van der Waals surface area contributed by atoms with Gasteiger partial charge in [-0.05, 0) is 30.3 Å². The van der Waals surface area contributed by atoms with Crippen molar-refractivity contribution in [2.24, 2.45) is 0 Å². The van der Waals surface area contributed by atoms with E-state index in [2.05, 4.69) is 16.2 Å². The van der Waals surface area contributed by atoms with Crippen molar-refractivity contribution in [3.05, 3.63) is 36.0 Å². The summed E-state index contributed by atoms with van der Waals surface area (Å²) in [5.74, 6) is -4.18. The Hall–Kier alpha value is -2.62. The number of esters is 1. The molecule has 2 rings (SSSR count). The zero-order valence-corrected chi connectivity index (χ0v) is 13.0. The van der Waals surface area contributed by atoms with E-state index >= 15 is 0 Å². The van der Waals surface area contributed by atoms with Gasteiger partial charge in [-0.25, -0.2) is 4.79 Å². The van der Waals surface area contributed by atoms with Crippen LogP contribution in [0.1, 0.15) is 6.42 Å². The third-order valence-electron chi connectivity index (χ3n) is 2.75. The van der Waals surface area contributed by atoms with Crippen LogP contribution in [0.15, 0.2) is 40.9 Å². The van der Waals surface area contributed by atoms with E-state index in [0.29, 0.717) is 22.3 Å². The summed E-state index contributed by atoms with van der Waals surface area (Å²) in [4.78, 5) is 34.6. The molecule has 3 N–H and O–H groups in total. The number of halogens is 2. The Bertz CT molecular complexity index is 664. The number of anilines is 1. The normalized spacial score (nSPS) is 13.6. The van der Waals surface area contributed by atoms with Crippen LogP contribution in [0, 0.1) is 0 Å². The molecule has 1 aromatic rings. The minimum Gasteiger partial charge on any atom is -0.451 e. The number of hydrogen-bond acceptors (Lipinski definition) is 6. The van der Waals surface area contributed by atoms with Gasteiger partial charge in [0.1, 0.15) is 5.70 Å². The van der Waals surface area contributed by atoms with E-state index in [1.165, 1.54) is 30.3 Å². The summed E-state index contributed by atoms with van der Waals surface area (Å²) in [5, 5.41) is 2.47. The summed E-state index contributed by atoms with van der Waals surface area (Å²) in [7, 11) is 0. The van der Waals surface area contributed by atoms with Crippen LogP contribution in [0.5, 0.6) is 0 Å². The van der Waals surface area contributed by atoms with Crippen LogP contribution >= 0.6 is 11.8 Å². The second kappa shape index (κ2) is 8.29. The summed E-state index contributed by atoms with van der Waals surface area (Å²) in [5.41, 5.74) is 5.02. The van der Waals surface area contributed by atoms with E-state index in [-0.39, 0.29) is 18.0 Å². The minimum absolute atomic E-state index is 0.0343. The molecule has 0 spiro atoms. The lowest BCUT2D eigenvalue weighted by molar-refractivity contribution is -0.144. The maximum absolute atomic E-state index is 12.2. The summed E-state index contributed by atoms with van der Waals surface area (Å²) in [6.07, 6.45) is 1.38. The van der Waals surface area contributed by atoms with Gasteiger partial charge in [0.2, 0.25) is 5.91 Å². The van der Waals surface area contributed by atoms with E-state index in [9.17, 15) is 23.2 Å². The average molecular weight is 357 g/mol. The maximum Gasteiger partial charge on any atom is 0.356 e. The molecular formula is C14H13F2N3O4S. The lowest BCUT2D eigenvalue weighted by Gasteiger charge is -2.15. The first-order valence-corrected chi connectivity index (χ1v) is 7.59. The number of rotatable bonds is 6. The van der Waals surface area contributed by atoms with Crippen molar-refractivity contribution in [1.29, 1.82) is 0 Å². The SMILES string of the molecule is O=C1CC=C(C(=O)OCC(=O)Nc2ccc(SC(F)F)cc2)NN1. The first kappa shape index (κ1) is 17.7. The van der Waals surface area contributed by atoms with Crippen molar-refractivity contribution < 1.29 is 27.9 Å². The number of carbonyl (C=O) groups is 3. The minimum atomic E-state index is -2.52. The molecule has 1 aromatic carbocycles. The molecule has 0 unspecified atom stereocenters. The Labute approximate surface area is 139 Å². The molecule has 7 nitrogen and oxygen atoms in total. The third-order valence-corrected chi connectivity index (χ3v) is 3.47. The average Bonchev–Trinajstić information content (AvgIpc) is 2.54. The van der Waals surface area contributed by atoms with Crippen LogP contribution in [-0.4, -0.2) is 30.1 Å². The van der Waals surface area contributed by atoms with Gasteiger partial charge in [0, 0.05) is 17.0 Å². The molecule has 2 amide bonds. The highest BCUT2D eigenvalue weighted by Gasteiger charge is 2.17. The molecule has 1 heterocycles. The van der Waals surface area contributed by atoms with Gasteiger partial charge in [-0.3, -0.25) is 20.4 Å². The molecule has 0 saturated carbocycles. The summed E-state index contributed by atoms with van der Waals surface area (Å²) >= 11 is 0.398. The molecule has 24 heavy (non-hydrogen) atoms. The second-order valence-electron chi connectivity index (χ2n) is 4.52. The molecule has 0 atom stereocenters. The van der Waals surface area contributed by atoms with Crippen LogP contribution in [0.3, 0.4) is 0 Å². The highest BCUT2D eigenvalue weighted by Crippen LogP contribution is 2.26. The standard InChI is InChI=1S/C14H13F2N3O4S/c15-14(16)24-9-3-1-8(2-4-9)17-12(21)7-23-13(22)10-5-6-11(20)19-18-10/h1-5,14,18H,6-7H2,(H,17,21)(H,19,20). The van der Waals surface area contributed by atoms with Gasteiger partial charge in [-0.2, -0.15) is 8.78 Å². The fourth-order valence-electron chi connectivity index (χ4n) is 1.69. The number of ether oxygens (including phenoxy) is 1. The second-order valence-corrected chi connectivity index (χ2v) is 5.59. The van der Waals surface area contributed by atoms with Gasteiger partial charge >= 0.3 is 5.97 Å². The number of nitrogens with one attached hydrogen (secondary N) is 3. The van der Waals surface area contributed by atoms with Crippen LogP contribution in [-0.2, 0) is 19.1 Å². The highest BCUT2D eigenvalue weighted by molar-refractivity contribution is 7.99. The monoisotopic (exact) mass is 357 g/mol. The van der Waals surface area contributed by atoms with Gasteiger partial charge in [0.25, 0.3) is 11.7 Å². The lowest BCUT2D eigenvalue weighted by atomic mass is 10.3. The van der Waals surface area contributed by atoms with Crippen molar-refractivity contribution in [3.8, 4) is 0 Å². The van der Waals surface area contributed by atoms with Crippen molar-refractivity contribution in [2.75, 3.05) is 11.9 Å². The van der Waals surface area contributed by atoms with Gasteiger partial charge in [0.15, 0.2) is 6.61 Å². The zero-order chi connectivity index (χ0) is 17.5. The maximum atomic E-state index is 12.2. The third kappa shape index (κ3) is 5.54. The Kier molecular flexibility index (Phi) is 6.13. The number of thioether (sulfide) groups is 1. The van der Waals surface area contributed by atoms with Gasteiger partial charge < -0.3 is 10.1 Å². The number of carbonyl (C=O) groups excluding carboxylic acids is 3. The first-order valence-electron chi connectivity index (χ1n) is 6.71. The fourth-order valence-corrected chi connectivity index (χ4v) is 2.19. The van der Waals surface area contributed by atoms with E-state index < -0.39 is 24.2 Å². The number of amides is 2. The number of benzene rings is 1. The summed E-state index contributed by atoms with van der Waals surface area (Å²) in [6.45, 7) is -0.528. The molecule has 128 valence electrons. The smallest absolute Gasteiger partial charge is 0.356 e. The zero-order valence-electron chi connectivity index (χ0n) is 12.2. The molecule has 0 radical (unpaired) electrons. The van der Waals surface area contributed by atoms with Gasteiger partial charge in [0.05, 0.1) is 0 Å². The van der Waals surface area contributed by atoms with Crippen molar-refractivity contribution in [3.63, 3.8) is 0 Å². The van der Waals surface area contributed by atoms with Gasteiger partial charge in [-0.1, -0.05) is 11.8 Å². The fraction of sp³-hybridized carbons (Fsp3) is 0.214. The first-order chi connectivity index (χ1) is 11.4. The van der Waals surface area contributed by atoms with Crippen molar-refractivity contribution in [2.45, 2.75) is 17.1 Å². The van der Waals surface area contributed by atoms with Crippen molar-refractivity contribution in [1.82, 2.24) is 10.9 Å². The lowest BCUT2D eigenvalue weighted by Crippen LogP contribution is -2.42. The van der Waals surface area contributed by atoms with E-state index in [4.69, 9.17) is 4.74 Å². The predicted octanol–water partition coefficient (Wildman–Crippen LogP) is 1.39. The van der Waals surface area contributed by atoms with E-state index in [0.717, 1.165) is 0 Å². The molecule has 0 fully saturated rings. The molecule has 0 aliphatic carbocycles. The van der Waals surface area contributed by atoms with Crippen LogP contribution < -0.4 is 16.2 Å². The Morgan fingerprint density at radius 1 is 1.25 bits per heavy atom. The molecule has 0 aromatic heterocycles. The summed E-state index contributed by atoms with van der Waals surface area (Å²) in [6, 6.07) is 5.81. The Morgan fingerprint density at radius 3 is 2.54 bits per heavy atom. The highest BCUT2D eigenvalue weighted by atomic mass is 32.2. The molecule has 0 saturated heterocycles. The van der Waals surface area contributed by atoms with E-state index in [1.54, 1.807) is 0 Å². The Balaban J connectivity index is 1.78. The van der Waals surface area contributed by atoms with Gasteiger partial charge in [-0.15, -0.1) is 0 Å². The number of hydrogen-bond donors (Lipinski definition) is 3. The van der Waals surface area contributed by atoms with Crippen molar-refractivity contribution >= 4 is 35.2 Å². The molecular weight excluding hydrogens is 344 g/mol. The van der Waals surface area contributed by atoms with E-state index in [1.807, 2.05) is 0 Å². The summed E-state index contributed by atoms with van der Waals surface area (Å²) < 4.78 is 29.2. The van der Waals surface area contributed by atoms with Crippen LogP contribution in [0.2, 0.25) is 0 Å². The largest absolute Gasteiger partial charge is 0.451 e. The molecule has 1 aliphatic rings. The quantitative estimate of drug-likeness (QED) is 0.526. The molecule has 10 heteroatoms. The number of hydrazine groups is 1. The predicted molar refractivity (Wildman–Crippen MR) is 81.9 cm³/mol. The van der Waals surface area contributed by atoms with Crippen LogP contribution in [0.4, 0.5) is 14.5 Å². The topological polar surface area (TPSA) is 96.5 Å². The Morgan fingerprint density at radius 2 is 1.96 bits per heavy atom.